The van der Waals surface area contributed by atoms with Gasteiger partial charge in [0.1, 0.15) is 5.76 Å². The average Bonchev–Trinajstić information content (AvgIpc) is 3.35. The summed E-state index contributed by atoms with van der Waals surface area (Å²) >= 11 is 12.0. The van der Waals surface area contributed by atoms with E-state index in [0.717, 1.165) is 18.6 Å². The molecule has 1 N–H and O–H groups in total. The van der Waals surface area contributed by atoms with E-state index in [-0.39, 0.29) is 27.3 Å². The maximum atomic E-state index is 13.3. The van der Waals surface area contributed by atoms with Crippen molar-refractivity contribution >= 4 is 40.8 Å². The van der Waals surface area contributed by atoms with Gasteiger partial charge in [-0.05, 0) is 48.6 Å². The van der Waals surface area contributed by atoms with E-state index in [0.29, 0.717) is 23.7 Å². The highest BCUT2D eigenvalue weighted by atomic mass is 35.5. The lowest BCUT2D eigenvalue weighted by molar-refractivity contribution is -0.136. The molecule has 0 saturated heterocycles. The van der Waals surface area contributed by atoms with Crippen LogP contribution < -0.4 is 5.32 Å². The van der Waals surface area contributed by atoms with Crippen molar-refractivity contribution in [1.82, 2.24) is 5.32 Å². The number of furan rings is 1. The molecule has 1 aromatic heterocycles. The molecule has 2 saturated carbocycles. The van der Waals surface area contributed by atoms with Crippen molar-refractivity contribution in [2.45, 2.75) is 46.6 Å². The number of carbonyl (C=O) groups is 2. The van der Waals surface area contributed by atoms with Crippen LogP contribution in [0.4, 0.5) is 0 Å². The van der Waals surface area contributed by atoms with Crippen LogP contribution in [0.15, 0.2) is 46.2 Å². The van der Waals surface area contributed by atoms with E-state index in [1.807, 2.05) is 6.07 Å². The lowest BCUT2D eigenvalue weighted by atomic mass is 9.64. The third-order valence-electron chi connectivity index (χ3n) is 7.56. The number of oxime groups is 1. The van der Waals surface area contributed by atoms with Gasteiger partial charge in [0.15, 0.2) is 0 Å². The molecule has 2 unspecified atom stereocenters. The molecule has 0 aliphatic heterocycles. The van der Waals surface area contributed by atoms with Crippen LogP contribution in [-0.4, -0.2) is 17.6 Å². The first kappa shape index (κ1) is 21.9. The van der Waals surface area contributed by atoms with Gasteiger partial charge in [-0.15, -0.1) is 0 Å². The van der Waals surface area contributed by atoms with Crippen molar-refractivity contribution < 1.29 is 18.8 Å². The molecule has 4 rings (SSSR count). The van der Waals surface area contributed by atoms with Crippen LogP contribution >= 0.6 is 23.2 Å². The minimum absolute atomic E-state index is 0.0325. The van der Waals surface area contributed by atoms with Crippen molar-refractivity contribution in [1.29, 1.82) is 0 Å². The molecule has 2 aliphatic carbocycles. The monoisotopic (exact) mass is 462 g/mol. The summed E-state index contributed by atoms with van der Waals surface area (Å²) in [6.07, 6.45) is 3.54. The summed E-state index contributed by atoms with van der Waals surface area (Å²) in [6, 6.07) is 8.16. The number of rotatable bonds is 5. The molecule has 1 heterocycles. The van der Waals surface area contributed by atoms with Gasteiger partial charge in [0.25, 0.3) is 0 Å². The summed E-state index contributed by atoms with van der Waals surface area (Å²) in [6.45, 7) is 6.60. The topological polar surface area (TPSA) is 80.9 Å². The van der Waals surface area contributed by atoms with E-state index < -0.39 is 11.4 Å². The van der Waals surface area contributed by atoms with Crippen LogP contribution in [-0.2, 0) is 16.2 Å². The van der Waals surface area contributed by atoms with Gasteiger partial charge in [-0.3, -0.25) is 4.79 Å². The number of nitrogens with one attached hydrogen (secondary N) is 1. The molecule has 1 amide bonds. The SMILES string of the molecule is CC12CCC(C(=O)NCc3ccco3)(CC1=NOC(=O)c1ccc(Cl)cc1Cl)C2(C)C. The lowest BCUT2D eigenvalue weighted by Crippen LogP contribution is -2.46. The van der Waals surface area contributed by atoms with Gasteiger partial charge in [-0.25, -0.2) is 4.79 Å². The Balaban J connectivity index is 1.55. The second-order valence-corrected chi connectivity index (χ2v) is 9.86. The predicted molar refractivity (Wildman–Crippen MR) is 118 cm³/mol. The number of amides is 1. The summed E-state index contributed by atoms with van der Waals surface area (Å²) in [4.78, 5) is 31.1. The molecule has 0 radical (unpaired) electrons. The Morgan fingerprint density at radius 3 is 2.65 bits per heavy atom. The van der Waals surface area contributed by atoms with Crippen LogP contribution in [0.1, 0.15) is 56.2 Å². The average molecular weight is 463 g/mol. The molecule has 1 aromatic carbocycles. The fourth-order valence-electron chi connectivity index (χ4n) is 5.07. The molecule has 2 aliphatic rings. The van der Waals surface area contributed by atoms with Crippen LogP contribution in [0.5, 0.6) is 0 Å². The minimum Gasteiger partial charge on any atom is -0.467 e. The van der Waals surface area contributed by atoms with Crippen molar-refractivity contribution in [3.8, 4) is 0 Å². The van der Waals surface area contributed by atoms with Crippen LogP contribution in [0.2, 0.25) is 10.0 Å². The van der Waals surface area contributed by atoms with E-state index in [1.54, 1.807) is 18.4 Å². The van der Waals surface area contributed by atoms with Gasteiger partial charge in [-0.1, -0.05) is 49.1 Å². The van der Waals surface area contributed by atoms with Gasteiger partial charge in [0, 0.05) is 16.9 Å². The Hall–Kier alpha value is -2.31. The zero-order chi connectivity index (χ0) is 22.4. The highest BCUT2D eigenvalue weighted by Gasteiger charge is 2.71. The maximum Gasteiger partial charge on any atom is 0.367 e. The highest BCUT2D eigenvalue weighted by molar-refractivity contribution is 6.36. The summed E-state index contributed by atoms with van der Waals surface area (Å²) < 4.78 is 5.33. The molecule has 0 spiro atoms. The van der Waals surface area contributed by atoms with E-state index in [4.69, 9.17) is 32.5 Å². The summed E-state index contributed by atoms with van der Waals surface area (Å²) in [5.74, 6) is 0.00791. The van der Waals surface area contributed by atoms with Gasteiger partial charge in [-0.2, -0.15) is 0 Å². The quantitative estimate of drug-likeness (QED) is 0.460. The maximum absolute atomic E-state index is 13.3. The van der Waals surface area contributed by atoms with Crippen molar-refractivity contribution in [2.75, 3.05) is 0 Å². The number of fused-ring (bicyclic) bond motifs is 2. The number of halogens is 2. The highest BCUT2D eigenvalue weighted by Crippen LogP contribution is 2.71. The fraction of sp³-hybridized carbons (Fsp3) is 0.435. The smallest absolute Gasteiger partial charge is 0.367 e. The Kier molecular flexibility index (Phi) is 5.42. The molecule has 8 heteroatoms. The second kappa shape index (κ2) is 7.68. The summed E-state index contributed by atoms with van der Waals surface area (Å²) in [5, 5.41) is 7.87. The molecular formula is C23H24Cl2N2O4. The van der Waals surface area contributed by atoms with Gasteiger partial charge >= 0.3 is 5.97 Å². The molecule has 2 fully saturated rings. The molecular weight excluding hydrogens is 439 g/mol. The first-order valence-corrected chi connectivity index (χ1v) is 10.9. The van der Waals surface area contributed by atoms with Gasteiger partial charge < -0.3 is 14.6 Å². The third kappa shape index (κ3) is 3.37. The molecule has 2 bridgehead atoms. The normalized spacial score (nSPS) is 27.5. The third-order valence-corrected chi connectivity index (χ3v) is 8.11. The molecule has 6 nitrogen and oxygen atoms in total. The lowest BCUT2D eigenvalue weighted by Gasteiger charge is -2.39. The van der Waals surface area contributed by atoms with Crippen molar-refractivity contribution in [3.05, 3.63) is 58.0 Å². The molecule has 31 heavy (non-hydrogen) atoms. The van der Waals surface area contributed by atoms with Crippen LogP contribution in [0, 0.1) is 16.2 Å². The largest absolute Gasteiger partial charge is 0.467 e. The molecule has 2 aromatic rings. The van der Waals surface area contributed by atoms with E-state index >= 15 is 0 Å². The Bertz CT molecular complexity index is 1060. The van der Waals surface area contributed by atoms with Gasteiger partial charge in [0.05, 0.1) is 34.5 Å². The standard InChI is InChI=1S/C23H24Cl2N2O4/c1-21(2)22(3)8-9-23(21,20(29)26-13-15-5-4-10-30-15)12-18(22)27-31-19(28)16-7-6-14(24)11-17(16)25/h4-7,10-11H,8-9,12-13H2,1-3H3,(H,26,29). The Labute approximate surface area is 190 Å². The minimum atomic E-state index is -0.658. The Morgan fingerprint density at radius 2 is 1.97 bits per heavy atom. The number of benzene rings is 1. The second-order valence-electron chi connectivity index (χ2n) is 9.02. The zero-order valence-corrected chi connectivity index (χ0v) is 19.1. The van der Waals surface area contributed by atoms with Gasteiger partial charge in [0.2, 0.25) is 5.91 Å². The molecule has 164 valence electrons. The Morgan fingerprint density at radius 1 is 1.19 bits per heavy atom. The molecule has 2 atom stereocenters. The first-order chi connectivity index (χ1) is 14.6. The zero-order valence-electron chi connectivity index (χ0n) is 17.6. The number of carbonyl (C=O) groups excluding carboxylic acids is 2. The first-order valence-electron chi connectivity index (χ1n) is 10.2. The van der Waals surface area contributed by atoms with E-state index in [2.05, 4.69) is 31.2 Å². The van der Waals surface area contributed by atoms with Crippen molar-refractivity contribution in [3.63, 3.8) is 0 Å². The summed E-state index contributed by atoms with van der Waals surface area (Å²) in [5.41, 5.74) is -0.447. The number of hydrogen-bond acceptors (Lipinski definition) is 5. The van der Waals surface area contributed by atoms with Crippen molar-refractivity contribution in [2.24, 2.45) is 21.4 Å². The predicted octanol–water partition coefficient (Wildman–Crippen LogP) is 5.63. The van der Waals surface area contributed by atoms with Crippen LogP contribution in [0.25, 0.3) is 0 Å². The van der Waals surface area contributed by atoms with Crippen LogP contribution in [0.3, 0.4) is 0 Å². The number of hydrogen-bond donors (Lipinski definition) is 1. The summed E-state index contributed by atoms with van der Waals surface area (Å²) in [7, 11) is 0. The van der Waals surface area contributed by atoms with E-state index in [1.165, 1.54) is 12.1 Å². The fourth-order valence-corrected chi connectivity index (χ4v) is 5.56. The van der Waals surface area contributed by atoms with E-state index in [9.17, 15) is 9.59 Å². The number of nitrogens with zero attached hydrogens (tertiary/aromatic N) is 1.